The number of nitrogens with zero attached hydrogens (tertiary/aromatic N) is 1. The van der Waals surface area contributed by atoms with Crippen LogP contribution < -0.4 is 14.9 Å². The van der Waals surface area contributed by atoms with Crippen LogP contribution in [-0.2, 0) is 6.61 Å². The Morgan fingerprint density at radius 2 is 1.92 bits per heavy atom. The van der Waals surface area contributed by atoms with Crippen LogP contribution in [0.25, 0.3) is 11.0 Å². The van der Waals surface area contributed by atoms with Gasteiger partial charge in [0.2, 0.25) is 0 Å². The van der Waals surface area contributed by atoms with Gasteiger partial charge in [-0.25, -0.2) is 5.43 Å². The van der Waals surface area contributed by atoms with Crippen molar-refractivity contribution in [1.82, 2.24) is 5.43 Å². The molecule has 4 aromatic rings. The quantitative estimate of drug-likeness (QED) is 0.110. The fourth-order valence-corrected chi connectivity index (χ4v) is 6.17. The number of carbonyl (C=O) groups is 1. The molecule has 3 aromatic carbocycles. The van der Waals surface area contributed by atoms with E-state index < -0.39 is 5.91 Å². The van der Waals surface area contributed by atoms with E-state index >= 15 is 0 Å². The van der Waals surface area contributed by atoms with Crippen LogP contribution in [0.15, 0.2) is 62.5 Å². The Labute approximate surface area is 253 Å². The van der Waals surface area contributed by atoms with Crippen LogP contribution in [-0.4, -0.2) is 18.7 Å². The first-order chi connectivity index (χ1) is 17.2. The minimum Gasteiger partial charge on any atom is -0.490 e. The molecular formula is C25H17BrCl2I2N2O4. The van der Waals surface area contributed by atoms with Crippen molar-refractivity contribution in [2.75, 3.05) is 6.61 Å². The molecule has 1 amide bonds. The summed E-state index contributed by atoms with van der Waals surface area (Å²) >= 11 is 20.0. The van der Waals surface area contributed by atoms with Crippen molar-refractivity contribution in [2.24, 2.45) is 5.10 Å². The van der Waals surface area contributed by atoms with Crippen LogP contribution in [0.4, 0.5) is 0 Å². The molecule has 0 atom stereocenters. The number of carbonyl (C=O) groups excluding carboxylic acids is 1. The summed E-state index contributed by atoms with van der Waals surface area (Å²) in [6.45, 7) is 2.59. The molecule has 0 saturated carbocycles. The highest BCUT2D eigenvalue weighted by Crippen LogP contribution is 2.35. The molecule has 0 bridgehead atoms. The molecule has 0 saturated heterocycles. The van der Waals surface area contributed by atoms with Gasteiger partial charge in [0.1, 0.15) is 12.2 Å². The van der Waals surface area contributed by atoms with Crippen LogP contribution >= 0.6 is 84.3 Å². The lowest BCUT2D eigenvalue weighted by molar-refractivity contribution is 0.0929. The molecule has 6 nitrogen and oxygen atoms in total. The number of furan rings is 1. The Morgan fingerprint density at radius 1 is 1.11 bits per heavy atom. The zero-order valence-electron chi connectivity index (χ0n) is 18.6. The predicted molar refractivity (Wildman–Crippen MR) is 163 cm³/mol. The fraction of sp³-hybridized carbons (Fsp3) is 0.120. The van der Waals surface area contributed by atoms with Gasteiger partial charge in [0, 0.05) is 25.5 Å². The Balaban J connectivity index is 1.48. The van der Waals surface area contributed by atoms with Crippen LogP contribution in [0.1, 0.15) is 28.6 Å². The minimum absolute atomic E-state index is 0.173. The molecule has 0 aliphatic heterocycles. The summed E-state index contributed by atoms with van der Waals surface area (Å²) in [5.41, 5.74) is 4.69. The summed E-state index contributed by atoms with van der Waals surface area (Å²) < 4.78 is 20.2. The average molecular weight is 814 g/mol. The van der Waals surface area contributed by atoms with Gasteiger partial charge in [-0.3, -0.25) is 4.79 Å². The highest BCUT2D eigenvalue weighted by Gasteiger charge is 2.15. The van der Waals surface area contributed by atoms with Crippen LogP contribution in [0.3, 0.4) is 0 Å². The molecule has 186 valence electrons. The first-order valence-corrected chi connectivity index (χ1v) is 14.2. The molecule has 11 heteroatoms. The minimum atomic E-state index is -0.450. The summed E-state index contributed by atoms with van der Waals surface area (Å²) in [6, 6.07) is 14.4. The largest absolute Gasteiger partial charge is 0.490 e. The molecule has 0 aliphatic carbocycles. The van der Waals surface area contributed by atoms with Crippen molar-refractivity contribution in [1.29, 1.82) is 0 Å². The third kappa shape index (κ3) is 6.66. The summed E-state index contributed by atoms with van der Waals surface area (Å²) in [5.74, 6) is 0.869. The molecule has 0 radical (unpaired) electrons. The Bertz CT molecular complexity index is 1480. The highest BCUT2D eigenvalue weighted by molar-refractivity contribution is 14.1. The number of fused-ring (bicyclic) bond motifs is 1. The first-order valence-electron chi connectivity index (χ1n) is 10.5. The van der Waals surface area contributed by atoms with Gasteiger partial charge in [0.25, 0.3) is 0 Å². The molecule has 4 rings (SSSR count). The van der Waals surface area contributed by atoms with E-state index in [4.69, 9.17) is 37.1 Å². The predicted octanol–water partition coefficient (Wildman–Crippen LogP) is 8.45. The van der Waals surface area contributed by atoms with E-state index in [1.54, 1.807) is 24.3 Å². The van der Waals surface area contributed by atoms with Gasteiger partial charge in [0.05, 0.1) is 20.0 Å². The maximum absolute atomic E-state index is 12.6. The van der Waals surface area contributed by atoms with Gasteiger partial charge < -0.3 is 13.9 Å². The van der Waals surface area contributed by atoms with E-state index in [9.17, 15) is 4.79 Å². The van der Waals surface area contributed by atoms with Crippen molar-refractivity contribution < 1.29 is 18.7 Å². The Morgan fingerprint density at radius 3 is 2.67 bits per heavy atom. The van der Waals surface area contributed by atoms with E-state index in [0.717, 1.165) is 28.1 Å². The molecule has 1 heterocycles. The normalized spacial score (nSPS) is 11.3. The molecule has 0 aliphatic rings. The Kier molecular flexibility index (Phi) is 9.42. The van der Waals surface area contributed by atoms with Crippen LogP contribution in [0, 0.1) is 7.14 Å². The SMILES string of the molecule is CCOc1cc(/C=N\NC(=O)c2cc3cc(Br)cc(I)c3o2)cc(I)c1OCc1ccc(Cl)cc1Cl. The molecular weight excluding hydrogens is 797 g/mol. The number of hydrazone groups is 1. The fourth-order valence-electron chi connectivity index (χ4n) is 3.26. The van der Waals surface area contributed by atoms with Crippen molar-refractivity contribution in [3.05, 3.63) is 87.1 Å². The second-order valence-electron chi connectivity index (χ2n) is 7.40. The number of benzene rings is 3. The van der Waals surface area contributed by atoms with Gasteiger partial charge in [-0.05, 0) is 100 Å². The summed E-state index contributed by atoms with van der Waals surface area (Å²) in [7, 11) is 0. The van der Waals surface area contributed by atoms with Gasteiger partial charge in [-0.15, -0.1) is 0 Å². The summed E-state index contributed by atoms with van der Waals surface area (Å²) in [6.07, 6.45) is 1.53. The Hall–Kier alpha value is -1.54. The van der Waals surface area contributed by atoms with Crippen LogP contribution in [0.5, 0.6) is 11.5 Å². The van der Waals surface area contributed by atoms with Gasteiger partial charge >= 0.3 is 5.91 Å². The smallest absolute Gasteiger partial charge is 0.307 e. The number of hydrogen-bond donors (Lipinski definition) is 1. The molecule has 1 N–H and O–H groups in total. The third-order valence-electron chi connectivity index (χ3n) is 4.86. The van der Waals surface area contributed by atoms with Gasteiger partial charge in [-0.1, -0.05) is 45.2 Å². The third-order valence-corrected chi connectivity index (χ3v) is 7.51. The monoisotopic (exact) mass is 812 g/mol. The standard InChI is InChI=1S/C25H17BrCl2I2N2O4/c1-2-34-21-6-13(5-19(29)24(21)35-12-14-3-4-17(27)10-18(14)28)11-31-32-25(33)22-8-15-7-16(26)9-20(30)23(15)36-22/h3-11H,2,12H2,1H3,(H,32,33)/b31-11-. The number of ether oxygens (including phenoxy) is 2. The maximum atomic E-state index is 12.6. The van der Waals surface area contributed by atoms with E-state index in [2.05, 4.69) is 71.6 Å². The number of halogens is 5. The van der Waals surface area contributed by atoms with Gasteiger partial charge in [-0.2, -0.15) is 5.10 Å². The second kappa shape index (κ2) is 12.3. The number of rotatable bonds is 8. The number of nitrogens with one attached hydrogen (secondary N) is 1. The van der Waals surface area contributed by atoms with Crippen molar-refractivity contribution >= 4 is 107 Å². The van der Waals surface area contributed by atoms with Crippen molar-refractivity contribution in [2.45, 2.75) is 13.5 Å². The molecule has 1 aromatic heterocycles. The van der Waals surface area contributed by atoms with E-state index in [1.807, 2.05) is 31.2 Å². The number of amides is 1. The summed E-state index contributed by atoms with van der Waals surface area (Å²) in [4.78, 5) is 12.6. The topological polar surface area (TPSA) is 73.1 Å². The second-order valence-corrected chi connectivity index (χ2v) is 11.5. The maximum Gasteiger partial charge on any atom is 0.307 e. The highest BCUT2D eigenvalue weighted by atomic mass is 127. The van der Waals surface area contributed by atoms with Crippen LogP contribution in [0.2, 0.25) is 10.0 Å². The van der Waals surface area contributed by atoms with E-state index in [1.165, 1.54) is 6.21 Å². The lowest BCUT2D eigenvalue weighted by Crippen LogP contribution is -2.16. The average Bonchev–Trinajstić information content (AvgIpc) is 3.24. The summed E-state index contributed by atoms with van der Waals surface area (Å²) in [5, 5.41) is 6.01. The molecule has 36 heavy (non-hydrogen) atoms. The molecule has 0 spiro atoms. The van der Waals surface area contributed by atoms with Gasteiger partial charge in [0.15, 0.2) is 17.3 Å². The number of hydrogen-bond acceptors (Lipinski definition) is 5. The molecule has 0 fully saturated rings. The van der Waals surface area contributed by atoms with E-state index in [-0.39, 0.29) is 12.4 Å². The molecule has 0 unspecified atom stereocenters. The lowest BCUT2D eigenvalue weighted by atomic mass is 10.2. The zero-order chi connectivity index (χ0) is 25.8. The van der Waals surface area contributed by atoms with E-state index in [0.29, 0.717) is 33.7 Å². The van der Waals surface area contributed by atoms with Crippen molar-refractivity contribution in [3.8, 4) is 11.5 Å². The zero-order valence-corrected chi connectivity index (χ0v) is 26.0. The van der Waals surface area contributed by atoms with Crippen molar-refractivity contribution in [3.63, 3.8) is 0 Å². The first kappa shape index (κ1) is 27.5. The lowest BCUT2D eigenvalue weighted by Gasteiger charge is -2.15.